The summed E-state index contributed by atoms with van der Waals surface area (Å²) in [6.45, 7) is 6.36. The Balaban J connectivity index is 1.29. The van der Waals surface area contributed by atoms with Gasteiger partial charge in [-0.05, 0) is 63.9 Å². The Morgan fingerprint density at radius 1 is 1.15 bits per heavy atom. The van der Waals surface area contributed by atoms with E-state index in [1.165, 1.54) is 6.07 Å². The lowest BCUT2D eigenvalue weighted by Crippen LogP contribution is -2.50. The molecular formula is C28H30FN7O3. The minimum absolute atomic E-state index is 0.201. The highest BCUT2D eigenvalue weighted by molar-refractivity contribution is 5.95. The van der Waals surface area contributed by atoms with Gasteiger partial charge in [0.05, 0.1) is 16.9 Å². The van der Waals surface area contributed by atoms with E-state index in [4.69, 9.17) is 4.74 Å². The number of amides is 2. The van der Waals surface area contributed by atoms with Crippen LogP contribution in [0.2, 0.25) is 0 Å². The molecule has 1 fully saturated rings. The number of carbonyl (C=O) groups excluding carboxylic acids is 2. The maximum absolute atomic E-state index is 14.8. The van der Waals surface area contributed by atoms with E-state index in [9.17, 15) is 14.0 Å². The van der Waals surface area contributed by atoms with Crippen LogP contribution >= 0.6 is 0 Å². The van der Waals surface area contributed by atoms with Crippen LogP contribution in [-0.4, -0.2) is 61.4 Å². The summed E-state index contributed by atoms with van der Waals surface area (Å²) < 4.78 is 21.7. The molecule has 1 saturated heterocycles. The molecule has 0 bridgehead atoms. The molecule has 0 radical (unpaired) electrons. The first-order chi connectivity index (χ1) is 18.6. The molecule has 39 heavy (non-hydrogen) atoms. The highest BCUT2D eigenvalue weighted by atomic mass is 19.1. The van der Waals surface area contributed by atoms with Crippen LogP contribution in [0.15, 0.2) is 61.1 Å². The summed E-state index contributed by atoms with van der Waals surface area (Å²) in [6, 6.07) is 11.4. The third-order valence-corrected chi connectivity index (χ3v) is 6.21. The molecule has 0 spiro atoms. The predicted molar refractivity (Wildman–Crippen MR) is 145 cm³/mol. The maximum Gasteiger partial charge on any atom is 0.407 e. The van der Waals surface area contributed by atoms with E-state index >= 15 is 0 Å². The summed E-state index contributed by atoms with van der Waals surface area (Å²) in [6.07, 6.45) is 6.00. The van der Waals surface area contributed by atoms with Crippen LogP contribution in [0.3, 0.4) is 0 Å². The third kappa shape index (κ3) is 6.31. The predicted octanol–water partition coefficient (Wildman–Crippen LogP) is 4.83. The van der Waals surface area contributed by atoms with Crippen molar-refractivity contribution in [3.63, 3.8) is 0 Å². The average molecular weight is 532 g/mol. The molecule has 2 amide bonds. The minimum atomic E-state index is -0.596. The van der Waals surface area contributed by atoms with Gasteiger partial charge in [-0.25, -0.2) is 23.8 Å². The van der Waals surface area contributed by atoms with Gasteiger partial charge in [0.25, 0.3) is 5.91 Å². The highest BCUT2D eigenvalue weighted by Crippen LogP contribution is 2.24. The van der Waals surface area contributed by atoms with Gasteiger partial charge in [0.15, 0.2) is 0 Å². The van der Waals surface area contributed by atoms with Crippen LogP contribution in [0.1, 0.15) is 44.1 Å². The molecule has 1 aliphatic heterocycles. The quantitative estimate of drug-likeness (QED) is 0.379. The zero-order valence-electron chi connectivity index (χ0n) is 22.0. The van der Waals surface area contributed by atoms with Crippen molar-refractivity contribution in [2.24, 2.45) is 0 Å². The molecule has 10 nitrogen and oxygen atoms in total. The third-order valence-electron chi connectivity index (χ3n) is 6.21. The standard InChI is InChI=1S/C28H30FN7O3/c1-28(2,3)39-27(38)32-19-6-4-12-35(17-19)26(37)23-9-7-18-16-30-25(15-24(18)33-23)34-22-10-8-20(14-21(22)29)36-13-5-11-31-36/h5,7-11,13-16,19H,4,6,12,17H2,1-3H3,(H,30,34)(H,32,38). The van der Waals surface area contributed by atoms with Crippen molar-refractivity contribution < 1.29 is 18.7 Å². The SMILES string of the molecule is CC(C)(C)OC(=O)NC1CCCN(C(=O)c2ccc3cnc(Nc4ccc(-n5cccn5)cc4F)cc3n2)C1. The minimum Gasteiger partial charge on any atom is -0.444 e. The molecule has 0 aliphatic carbocycles. The summed E-state index contributed by atoms with van der Waals surface area (Å²) in [7, 11) is 0. The van der Waals surface area contributed by atoms with Crippen LogP contribution in [0.4, 0.5) is 20.7 Å². The van der Waals surface area contributed by atoms with E-state index in [-0.39, 0.29) is 23.3 Å². The Hall–Kier alpha value is -4.54. The summed E-state index contributed by atoms with van der Waals surface area (Å²) >= 11 is 0. The summed E-state index contributed by atoms with van der Waals surface area (Å²) in [4.78, 5) is 36.1. The van der Waals surface area contributed by atoms with Gasteiger partial charge in [0.2, 0.25) is 0 Å². The lowest BCUT2D eigenvalue weighted by Gasteiger charge is -2.33. The number of nitrogens with zero attached hydrogens (tertiary/aromatic N) is 5. The molecule has 0 saturated carbocycles. The van der Waals surface area contributed by atoms with Crippen LogP contribution in [0, 0.1) is 5.82 Å². The number of hydrogen-bond acceptors (Lipinski definition) is 7. The number of piperidine rings is 1. The number of aromatic nitrogens is 4. The van der Waals surface area contributed by atoms with E-state index in [0.29, 0.717) is 30.1 Å². The Bertz CT molecular complexity index is 1500. The fourth-order valence-electron chi connectivity index (χ4n) is 4.43. The Morgan fingerprint density at radius 3 is 2.74 bits per heavy atom. The second-order valence-corrected chi connectivity index (χ2v) is 10.4. The number of ether oxygens (including phenoxy) is 1. The van der Waals surface area contributed by atoms with Gasteiger partial charge in [-0.15, -0.1) is 0 Å². The lowest BCUT2D eigenvalue weighted by atomic mass is 10.1. The van der Waals surface area contributed by atoms with Crippen LogP contribution in [0.5, 0.6) is 0 Å². The second-order valence-electron chi connectivity index (χ2n) is 10.4. The van der Waals surface area contributed by atoms with Gasteiger partial charge in [0.1, 0.15) is 22.9 Å². The number of benzene rings is 1. The Labute approximate surface area is 225 Å². The first-order valence-corrected chi connectivity index (χ1v) is 12.8. The molecule has 4 heterocycles. The molecule has 3 aromatic heterocycles. The molecule has 1 aliphatic rings. The van der Waals surface area contributed by atoms with Crippen LogP contribution < -0.4 is 10.6 Å². The first-order valence-electron chi connectivity index (χ1n) is 12.8. The van der Waals surface area contributed by atoms with Crippen molar-refractivity contribution in [3.8, 4) is 5.69 Å². The van der Waals surface area contributed by atoms with Crippen molar-refractivity contribution in [1.82, 2.24) is 30.0 Å². The normalized spacial score (nSPS) is 15.7. The van der Waals surface area contributed by atoms with Crippen molar-refractivity contribution in [2.75, 3.05) is 18.4 Å². The molecule has 11 heteroatoms. The highest BCUT2D eigenvalue weighted by Gasteiger charge is 2.28. The Kier molecular flexibility index (Phi) is 7.14. The summed E-state index contributed by atoms with van der Waals surface area (Å²) in [5.74, 6) is -0.287. The molecule has 5 rings (SSSR count). The number of fused-ring (bicyclic) bond motifs is 1. The summed E-state index contributed by atoms with van der Waals surface area (Å²) in [5.41, 5.74) is 1.09. The maximum atomic E-state index is 14.8. The second kappa shape index (κ2) is 10.7. The number of halogens is 1. The van der Waals surface area contributed by atoms with Crippen LogP contribution in [0.25, 0.3) is 16.6 Å². The van der Waals surface area contributed by atoms with Gasteiger partial charge in [-0.3, -0.25) is 4.79 Å². The van der Waals surface area contributed by atoms with Gasteiger partial charge >= 0.3 is 6.09 Å². The average Bonchev–Trinajstić information content (AvgIpc) is 3.43. The monoisotopic (exact) mass is 531 g/mol. The molecule has 202 valence electrons. The van der Waals surface area contributed by atoms with E-state index < -0.39 is 17.5 Å². The van der Waals surface area contributed by atoms with E-state index in [2.05, 4.69) is 25.7 Å². The largest absolute Gasteiger partial charge is 0.444 e. The van der Waals surface area contributed by atoms with Gasteiger partial charge in [0, 0.05) is 55.2 Å². The smallest absolute Gasteiger partial charge is 0.407 e. The fraction of sp³-hybridized carbons (Fsp3) is 0.321. The molecule has 1 aromatic carbocycles. The Morgan fingerprint density at radius 2 is 2.00 bits per heavy atom. The number of anilines is 2. The van der Waals surface area contributed by atoms with Crippen molar-refractivity contribution in [1.29, 1.82) is 0 Å². The van der Waals surface area contributed by atoms with Crippen molar-refractivity contribution in [2.45, 2.75) is 45.3 Å². The molecule has 1 unspecified atom stereocenters. The van der Waals surface area contributed by atoms with Gasteiger partial charge < -0.3 is 20.3 Å². The number of pyridine rings is 2. The fourth-order valence-corrected chi connectivity index (χ4v) is 4.43. The molecule has 1 atom stereocenters. The number of carbonyl (C=O) groups is 2. The topological polar surface area (TPSA) is 114 Å². The number of alkyl carbamates (subject to hydrolysis) is 1. The van der Waals surface area contributed by atoms with Crippen molar-refractivity contribution in [3.05, 3.63) is 72.6 Å². The zero-order valence-corrected chi connectivity index (χ0v) is 22.0. The zero-order chi connectivity index (χ0) is 27.6. The first kappa shape index (κ1) is 26.1. The summed E-state index contributed by atoms with van der Waals surface area (Å²) in [5, 5.41) is 10.7. The number of nitrogens with one attached hydrogen (secondary N) is 2. The van der Waals surface area contributed by atoms with Gasteiger partial charge in [-0.2, -0.15) is 5.10 Å². The number of rotatable bonds is 5. The molecule has 4 aromatic rings. The van der Waals surface area contributed by atoms with Crippen molar-refractivity contribution >= 4 is 34.4 Å². The van der Waals surface area contributed by atoms with Gasteiger partial charge in [-0.1, -0.05) is 0 Å². The molecule has 2 N–H and O–H groups in total. The van der Waals surface area contributed by atoms with E-state index in [1.54, 1.807) is 85.3 Å². The molecular weight excluding hydrogens is 501 g/mol. The van der Waals surface area contributed by atoms with E-state index in [0.717, 1.165) is 18.2 Å². The number of hydrogen-bond donors (Lipinski definition) is 2. The number of likely N-dealkylation sites (tertiary alicyclic amines) is 1. The van der Waals surface area contributed by atoms with E-state index in [1.807, 2.05) is 0 Å². The van der Waals surface area contributed by atoms with Crippen LogP contribution in [-0.2, 0) is 4.74 Å². The lowest BCUT2D eigenvalue weighted by molar-refractivity contribution is 0.0451.